The van der Waals surface area contributed by atoms with E-state index in [1.54, 1.807) is 11.3 Å². The molecular formula is C17H23N3S. The van der Waals surface area contributed by atoms with E-state index in [0.717, 1.165) is 18.8 Å². The lowest BCUT2D eigenvalue weighted by atomic mass is 9.99. The van der Waals surface area contributed by atoms with Gasteiger partial charge in [-0.2, -0.15) is 0 Å². The average molecular weight is 301 g/mol. The minimum absolute atomic E-state index is 0.360. The van der Waals surface area contributed by atoms with Gasteiger partial charge in [0.2, 0.25) is 0 Å². The van der Waals surface area contributed by atoms with Gasteiger partial charge in [0.05, 0.1) is 6.04 Å². The van der Waals surface area contributed by atoms with E-state index in [0.29, 0.717) is 18.1 Å². The monoisotopic (exact) mass is 301 g/mol. The quantitative estimate of drug-likeness (QED) is 0.940. The minimum atomic E-state index is 0.360. The van der Waals surface area contributed by atoms with E-state index in [1.807, 2.05) is 0 Å². The second-order valence-electron chi connectivity index (χ2n) is 5.94. The summed E-state index contributed by atoms with van der Waals surface area (Å²) in [4.78, 5) is 7.29. The summed E-state index contributed by atoms with van der Waals surface area (Å²) in [5, 5.41) is 6.99. The Labute approximate surface area is 131 Å². The lowest BCUT2D eigenvalue weighted by Gasteiger charge is -2.42. The van der Waals surface area contributed by atoms with Crippen LogP contribution >= 0.6 is 11.3 Å². The summed E-state index contributed by atoms with van der Waals surface area (Å²) in [6.45, 7) is 8.67. The van der Waals surface area contributed by atoms with Crippen LogP contribution in [0.1, 0.15) is 42.2 Å². The molecule has 2 aromatic rings. The van der Waals surface area contributed by atoms with Gasteiger partial charge in [-0.05, 0) is 26.3 Å². The molecule has 4 heteroatoms. The van der Waals surface area contributed by atoms with E-state index < -0.39 is 0 Å². The fourth-order valence-electron chi connectivity index (χ4n) is 3.06. The molecule has 112 valence electrons. The molecule has 0 aliphatic carbocycles. The molecule has 0 amide bonds. The summed E-state index contributed by atoms with van der Waals surface area (Å²) >= 11 is 1.78. The molecule has 1 aromatic heterocycles. The zero-order chi connectivity index (χ0) is 14.8. The predicted molar refractivity (Wildman–Crippen MR) is 88.6 cm³/mol. The number of rotatable bonds is 3. The number of hydrogen-bond donors (Lipinski definition) is 1. The van der Waals surface area contributed by atoms with E-state index in [2.05, 4.69) is 66.7 Å². The standard InChI is InChI=1S/C17H23N3S/c1-12-10-20(14(3)17-19-13(2)11-21-17)16(9-18-12)15-7-5-4-6-8-15/h4-8,11-12,14,16,18H,9-10H2,1-3H3. The van der Waals surface area contributed by atoms with Gasteiger partial charge in [0.25, 0.3) is 0 Å². The summed E-state index contributed by atoms with van der Waals surface area (Å²) in [6, 6.07) is 12.1. The maximum Gasteiger partial charge on any atom is 0.110 e. The number of piperazine rings is 1. The molecule has 21 heavy (non-hydrogen) atoms. The summed E-state index contributed by atoms with van der Waals surface area (Å²) < 4.78 is 0. The third-order valence-corrected chi connectivity index (χ3v) is 5.35. The lowest BCUT2D eigenvalue weighted by Crippen LogP contribution is -2.51. The smallest absolute Gasteiger partial charge is 0.110 e. The van der Waals surface area contributed by atoms with Crippen LogP contribution in [0.15, 0.2) is 35.7 Å². The van der Waals surface area contributed by atoms with Crippen LogP contribution in [0.3, 0.4) is 0 Å². The summed E-state index contributed by atoms with van der Waals surface area (Å²) in [7, 11) is 0. The van der Waals surface area contributed by atoms with E-state index in [1.165, 1.54) is 10.6 Å². The van der Waals surface area contributed by atoms with Gasteiger partial charge in [0, 0.05) is 36.2 Å². The Kier molecular flexibility index (Phi) is 4.38. The molecule has 2 heterocycles. The van der Waals surface area contributed by atoms with E-state index in [-0.39, 0.29) is 0 Å². The van der Waals surface area contributed by atoms with Crippen molar-refractivity contribution in [2.24, 2.45) is 0 Å². The fourth-order valence-corrected chi connectivity index (χ4v) is 3.93. The zero-order valence-electron chi connectivity index (χ0n) is 12.9. The molecule has 1 aliphatic rings. The van der Waals surface area contributed by atoms with Gasteiger partial charge >= 0.3 is 0 Å². The topological polar surface area (TPSA) is 28.2 Å². The van der Waals surface area contributed by atoms with Gasteiger partial charge in [-0.15, -0.1) is 11.3 Å². The van der Waals surface area contributed by atoms with Gasteiger partial charge < -0.3 is 5.32 Å². The average Bonchev–Trinajstić information content (AvgIpc) is 2.94. The van der Waals surface area contributed by atoms with Crippen molar-refractivity contribution >= 4 is 11.3 Å². The normalized spacial score (nSPS) is 24.9. The zero-order valence-corrected chi connectivity index (χ0v) is 13.7. The van der Waals surface area contributed by atoms with Crippen molar-refractivity contribution in [3.05, 3.63) is 52.0 Å². The first-order valence-corrected chi connectivity index (χ1v) is 8.49. The fraction of sp³-hybridized carbons (Fsp3) is 0.471. The van der Waals surface area contributed by atoms with Crippen LogP contribution in [0, 0.1) is 6.92 Å². The first kappa shape index (κ1) is 14.7. The first-order chi connectivity index (χ1) is 10.1. The molecule has 1 aliphatic heterocycles. The van der Waals surface area contributed by atoms with E-state index in [4.69, 9.17) is 4.98 Å². The third kappa shape index (κ3) is 3.18. The Morgan fingerprint density at radius 2 is 2.10 bits per heavy atom. The number of aromatic nitrogens is 1. The molecule has 3 atom stereocenters. The highest BCUT2D eigenvalue weighted by Gasteiger charge is 2.32. The number of benzene rings is 1. The Balaban J connectivity index is 1.88. The van der Waals surface area contributed by atoms with Gasteiger partial charge in [-0.3, -0.25) is 4.90 Å². The highest BCUT2D eigenvalue weighted by Crippen LogP contribution is 2.33. The summed E-state index contributed by atoms with van der Waals surface area (Å²) in [6.07, 6.45) is 0. The highest BCUT2D eigenvalue weighted by molar-refractivity contribution is 7.09. The van der Waals surface area contributed by atoms with Crippen LogP contribution < -0.4 is 5.32 Å². The number of nitrogens with one attached hydrogen (secondary N) is 1. The Morgan fingerprint density at radius 3 is 2.76 bits per heavy atom. The maximum atomic E-state index is 4.70. The van der Waals surface area contributed by atoms with Gasteiger partial charge in [-0.1, -0.05) is 30.3 Å². The Bertz CT molecular complexity index is 581. The number of hydrogen-bond acceptors (Lipinski definition) is 4. The second-order valence-corrected chi connectivity index (χ2v) is 6.83. The van der Waals surface area contributed by atoms with Crippen LogP contribution in [0.25, 0.3) is 0 Å². The lowest BCUT2D eigenvalue weighted by molar-refractivity contribution is 0.0927. The van der Waals surface area contributed by atoms with Crippen molar-refractivity contribution in [2.75, 3.05) is 13.1 Å². The van der Waals surface area contributed by atoms with Crippen molar-refractivity contribution in [2.45, 2.75) is 38.9 Å². The summed E-state index contributed by atoms with van der Waals surface area (Å²) in [5.41, 5.74) is 2.51. The molecule has 3 nitrogen and oxygen atoms in total. The van der Waals surface area contributed by atoms with Gasteiger partial charge in [0.1, 0.15) is 5.01 Å². The van der Waals surface area contributed by atoms with Crippen molar-refractivity contribution in [3.8, 4) is 0 Å². The van der Waals surface area contributed by atoms with Crippen LogP contribution in [-0.2, 0) is 0 Å². The number of nitrogens with zero attached hydrogens (tertiary/aromatic N) is 2. The molecule has 1 N–H and O–H groups in total. The maximum absolute atomic E-state index is 4.70. The van der Waals surface area contributed by atoms with E-state index in [9.17, 15) is 0 Å². The molecule has 3 rings (SSSR count). The molecule has 0 spiro atoms. The molecule has 1 saturated heterocycles. The number of thiazole rings is 1. The van der Waals surface area contributed by atoms with Crippen molar-refractivity contribution in [3.63, 3.8) is 0 Å². The predicted octanol–water partition coefficient (Wildman–Crippen LogP) is 3.55. The second kappa shape index (κ2) is 6.26. The number of aryl methyl sites for hydroxylation is 1. The minimum Gasteiger partial charge on any atom is -0.311 e. The van der Waals surface area contributed by atoms with Crippen LogP contribution in [0.4, 0.5) is 0 Å². The van der Waals surface area contributed by atoms with E-state index >= 15 is 0 Å². The van der Waals surface area contributed by atoms with Crippen molar-refractivity contribution < 1.29 is 0 Å². The molecule has 0 bridgehead atoms. The van der Waals surface area contributed by atoms with Gasteiger partial charge in [-0.25, -0.2) is 4.98 Å². The summed E-state index contributed by atoms with van der Waals surface area (Å²) in [5.74, 6) is 0. The molecule has 1 fully saturated rings. The van der Waals surface area contributed by atoms with Crippen LogP contribution in [0.5, 0.6) is 0 Å². The Hall–Kier alpha value is -1.23. The molecular weight excluding hydrogens is 278 g/mol. The molecule has 0 saturated carbocycles. The molecule has 3 unspecified atom stereocenters. The first-order valence-electron chi connectivity index (χ1n) is 7.61. The van der Waals surface area contributed by atoms with Crippen molar-refractivity contribution in [1.82, 2.24) is 15.2 Å². The van der Waals surface area contributed by atoms with Crippen molar-refractivity contribution in [1.29, 1.82) is 0 Å². The SMILES string of the molecule is Cc1csc(C(C)N2CC(C)NCC2c2ccccc2)n1. The highest BCUT2D eigenvalue weighted by atomic mass is 32.1. The van der Waals surface area contributed by atoms with Crippen LogP contribution in [-0.4, -0.2) is 29.0 Å². The molecule has 0 radical (unpaired) electrons. The third-order valence-electron chi connectivity index (χ3n) is 4.22. The van der Waals surface area contributed by atoms with Crippen LogP contribution in [0.2, 0.25) is 0 Å². The van der Waals surface area contributed by atoms with Gasteiger partial charge in [0.15, 0.2) is 0 Å². The largest absolute Gasteiger partial charge is 0.311 e. The molecule has 1 aromatic carbocycles. The Morgan fingerprint density at radius 1 is 1.33 bits per heavy atom.